The lowest BCUT2D eigenvalue weighted by Gasteiger charge is -2.32. The van der Waals surface area contributed by atoms with Gasteiger partial charge in [0.2, 0.25) is 0 Å². The van der Waals surface area contributed by atoms with Crippen molar-refractivity contribution >= 4 is 0 Å². The molecule has 0 aromatic carbocycles. The van der Waals surface area contributed by atoms with Gasteiger partial charge in [-0.25, -0.2) is 0 Å². The highest BCUT2D eigenvalue weighted by molar-refractivity contribution is 4.99. The Balaban J connectivity index is 1.87. The molecule has 0 bridgehead atoms. The molecule has 1 atom stereocenters. The standard InChI is InChI=1S/C13H24N4O/c1-11(2)17-5-4-12(15-17)9-16-6-7-18-13(10-16)8-14-3/h4-5,11,13-14H,6-10H2,1-3H3. The lowest BCUT2D eigenvalue weighted by Crippen LogP contribution is -2.45. The van der Waals surface area contributed by atoms with Crippen LogP contribution in [0.3, 0.4) is 0 Å². The van der Waals surface area contributed by atoms with Crippen LogP contribution in [0.25, 0.3) is 0 Å². The number of hydrogen-bond donors (Lipinski definition) is 1. The van der Waals surface area contributed by atoms with Gasteiger partial charge < -0.3 is 10.1 Å². The molecule has 5 heteroatoms. The van der Waals surface area contributed by atoms with Gasteiger partial charge in [0.15, 0.2) is 0 Å². The third kappa shape index (κ3) is 3.54. The van der Waals surface area contributed by atoms with E-state index in [1.165, 1.54) is 0 Å². The van der Waals surface area contributed by atoms with Crippen molar-refractivity contribution in [2.24, 2.45) is 0 Å². The van der Waals surface area contributed by atoms with Crippen molar-refractivity contribution in [3.8, 4) is 0 Å². The topological polar surface area (TPSA) is 42.3 Å². The first-order valence-electron chi connectivity index (χ1n) is 6.71. The molecule has 1 aromatic rings. The van der Waals surface area contributed by atoms with Gasteiger partial charge in [0.1, 0.15) is 0 Å². The van der Waals surface area contributed by atoms with Crippen LogP contribution in [0.15, 0.2) is 12.3 Å². The molecule has 1 unspecified atom stereocenters. The number of nitrogens with zero attached hydrogens (tertiary/aromatic N) is 3. The third-order valence-corrected chi connectivity index (χ3v) is 3.23. The molecule has 18 heavy (non-hydrogen) atoms. The number of likely N-dealkylation sites (N-methyl/N-ethyl adjacent to an activating group) is 1. The second-order valence-corrected chi connectivity index (χ2v) is 5.17. The monoisotopic (exact) mass is 252 g/mol. The molecule has 0 spiro atoms. The second kappa shape index (κ2) is 6.31. The van der Waals surface area contributed by atoms with Crippen molar-refractivity contribution in [2.75, 3.05) is 33.3 Å². The maximum Gasteiger partial charge on any atom is 0.0826 e. The summed E-state index contributed by atoms with van der Waals surface area (Å²) < 4.78 is 7.71. The summed E-state index contributed by atoms with van der Waals surface area (Å²) in [5.41, 5.74) is 1.15. The van der Waals surface area contributed by atoms with Gasteiger partial charge in [0.25, 0.3) is 0 Å². The maximum atomic E-state index is 5.70. The van der Waals surface area contributed by atoms with Crippen molar-refractivity contribution in [3.05, 3.63) is 18.0 Å². The smallest absolute Gasteiger partial charge is 0.0826 e. The fraction of sp³-hybridized carbons (Fsp3) is 0.769. The molecule has 5 nitrogen and oxygen atoms in total. The Morgan fingerprint density at radius 3 is 3.06 bits per heavy atom. The van der Waals surface area contributed by atoms with E-state index in [0.717, 1.165) is 38.5 Å². The summed E-state index contributed by atoms with van der Waals surface area (Å²) in [6.07, 6.45) is 2.36. The molecule has 0 saturated carbocycles. The Morgan fingerprint density at radius 1 is 1.56 bits per heavy atom. The van der Waals surface area contributed by atoms with Crippen molar-refractivity contribution in [1.82, 2.24) is 20.0 Å². The number of ether oxygens (including phenoxy) is 1. The third-order valence-electron chi connectivity index (χ3n) is 3.23. The first-order valence-corrected chi connectivity index (χ1v) is 6.71. The molecule has 102 valence electrons. The lowest BCUT2D eigenvalue weighted by molar-refractivity contribution is -0.0295. The highest BCUT2D eigenvalue weighted by Crippen LogP contribution is 2.10. The van der Waals surface area contributed by atoms with Gasteiger partial charge in [-0.15, -0.1) is 0 Å². The number of aromatic nitrogens is 2. The molecule has 1 saturated heterocycles. The van der Waals surface area contributed by atoms with E-state index in [4.69, 9.17) is 4.74 Å². The summed E-state index contributed by atoms with van der Waals surface area (Å²) in [5, 5.41) is 7.76. The van der Waals surface area contributed by atoms with Crippen LogP contribution in [0, 0.1) is 0 Å². The summed E-state index contributed by atoms with van der Waals surface area (Å²) >= 11 is 0. The van der Waals surface area contributed by atoms with Gasteiger partial charge in [-0.2, -0.15) is 5.10 Å². The van der Waals surface area contributed by atoms with Crippen LogP contribution in [-0.2, 0) is 11.3 Å². The van der Waals surface area contributed by atoms with E-state index in [9.17, 15) is 0 Å². The molecule has 1 aliphatic heterocycles. The number of nitrogens with one attached hydrogen (secondary N) is 1. The lowest BCUT2D eigenvalue weighted by atomic mass is 10.2. The molecule has 1 aliphatic rings. The van der Waals surface area contributed by atoms with Crippen LogP contribution in [0.5, 0.6) is 0 Å². The Bertz CT molecular complexity index is 362. The first-order chi connectivity index (χ1) is 8.69. The van der Waals surface area contributed by atoms with Gasteiger partial charge >= 0.3 is 0 Å². The minimum atomic E-state index is 0.302. The van der Waals surface area contributed by atoms with Gasteiger partial charge in [0.05, 0.1) is 18.4 Å². The summed E-state index contributed by atoms with van der Waals surface area (Å²) in [5.74, 6) is 0. The van der Waals surface area contributed by atoms with Crippen molar-refractivity contribution in [3.63, 3.8) is 0 Å². The van der Waals surface area contributed by atoms with Gasteiger partial charge in [0, 0.05) is 38.4 Å². The van der Waals surface area contributed by atoms with Crippen LogP contribution in [0.4, 0.5) is 0 Å². The molecule has 0 amide bonds. The van der Waals surface area contributed by atoms with Gasteiger partial charge in [-0.05, 0) is 27.0 Å². The molecule has 1 fully saturated rings. The average molecular weight is 252 g/mol. The molecular weight excluding hydrogens is 228 g/mol. The maximum absolute atomic E-state index is 5.70. The second-order valence-electron chi connectivity index (χ2n) is 5.17. The Morgan fingerprint density at radius 2 is 2.39 bits per heavy atom. The van der Waals surface area contributed by atoms with Crippen molar-refractivity contribution in [2.45, 2.75) is 32.5 Å². The minimum absolute atomic E-state index is 0.302. The van der Waals surface area contributed by atoms with Crippen molar-refractivity contribution < 1.29 is 4.74 Å². The highest BCUT2D eigenvalue weighted by Gasteiger charge is 2.20. The molecule has 1 N–H and O–H groups in total. The summed E-state index contributed by atoms with van der Waals surface area (Å²) in [6, 6.07) is 2.54. The molecule has 1 aromatic heterocycles. The van der Waals surface area contributed by atoms with E-state index in [-0.39, 0.29) is 0 Å². The summed E-state index contributed by atoms with van der Waals surface area (Å²) in [7, 11) is 1.96. The molecule has 2 rings (SSSR count). The van der Waals surface area contributed by atoms with Crippen LogP contribution in [0.2, 0.25) is 0 Å². The van der Waals surface area contributed by atoms with E-state index in [0.29, 0.717) is 12.1 Å². The van der Waals surface area contributed by atoms with E-state index in [2.05, 4.69) is 41.4 Å². The van der Waals surface area contributed by atoms with E-state index >= 15 is 0 Å². The van der Waals surface area contributed by atoms with Crippen LogP contribution >= 0.6 is 0 Å². The Hall–Kier alpha value is -0.910. The molecule has 2 heterocycles. The summed E-state index contributed by atoms with van der Waals surface area (Å²) in [4.78, 5) is 2.42. The van der Waals surface area contributed by atoms with Gasteiger partial charge in [-0.1, -0.05) is 0 Å². The quantitative estimate of drug-likeness (QED) is 0.845. The normalized spacial score (nSPS) is 21.7. The fourth-order valence-corrected chi connectivity index (χ4v) is 2.25. The van der Waals surface area contributed by atoms with Crippen LogP contribution < -0.4 is 5.32 Å². The van der Waals surface area contributed by atoms with E-state index < -0.39 is 0 Å². The largest absolute Gasteiger partial charge is 0.374 e. The number of hydrogen-bond acceptors (Lipinski definition) is 4. The van der Waals surface area contributed by atoms with Crippen LogP contribution in [-0.4, -0.2) is 54.1 Å². The van der Waals surface area contributed by atoms with Crippen molar-refractivity contribution in [1.29, 1.82) is 0 Å². The van der Waals surface area contributed by atoms with Gasteiger partial charge in [-0.3, -0.25) is 9.58 Å². The zero-order chi connectivity index (χ0) is 13.0. The first kappa shape index (κ1) is 13.5. The molecule has 0 aliphatic carbocycles. The predicted molar refractivity (Wildman–Crippen MR) is 71.6 cm³/mol. The number of rotatable bonds is 5. The van der Waals surface area contributed by atoms with E-state index in [1.54, 1.807) is 0 Å². The van der Waals surface area contributed by atoms with Crippen LogP contribution in [0.1, 0.15) is 25.6 Å². The fourth-order valence-electron chi connectivity index (χ4n) is 2.25. The number of morpholine rings is 1. The zero-order valence-electron chi connectivity index (χ0n) is 11.6. The Labute approximate surface area is 109 Å². The average Bonchev–Trinajstić information content (AvgIpc) is 2.78. The predicted octanol–water partition coefficient (Wildman–Crippen LogP) is 0.884. The molecule has 0 radical (unpaired) electrons. The SMILES string of the molecule is CNCC1CN(Cc2ccn(C(C)C)n2)CCO1. The zero-order valence-corrected chi connectivity index (χ0v) is 11.6. The highest BCUT2D eigenvalue weighted by atomic mass is 16.5. The van der Waals surface area contributed by atoms with E-state index in [1.807, 2.05) is 11.7 Å². The molecular formula is C13H24N4O. The Kier molecular flexibility index (Phi) is 4.74. The minimum Gasteiger partial charge on any atom is -0.374 e. The summed E-state index contributed by atoms with van der Waals surface area (Å²) in [6.45, 7) is 8.92.